The molecule has 3 atom stereocenters. The van der Waals surface area contributed by atoms with Crippen molar-refractivity contribution in [1.29, 1.82) is 0 Å². The van der Waals surface area contributed by atoms with Gasteiger partial charge in [-0.1, -0.05) is 76.1 Å². The molecule has 0 bridgehead atoms. The van der Waals surface area contributed by atoms with E-state index in [4.69, 9.17) is 4.74 Å². The zero-order valence-electron chi connectivity index (χ0n) is 25.4. The van der Waals surface area contributed by atoms with Crippen LogP contribution in [0.15, 0.2) is 18.2 Å². The molecule has 2 N–H and O–H groups in total. The van der Waals surface area contributed by atoms with E-state index in [0.29, 0.717) is 6.54 Å². The van der Waals surface area contributed by atoms with Crippen molar-refractivity contribution in [3.8, 4) is 0 Å². The SMILES string of the molecule is CCCCCCCCN(C(=O)C(C)NC(=O)OC(C)(C)C)C(C(=O)NC(C)CCC)c1cc(C)ccc1C. The third-order valence-electron chi connectivity index (χ3n) is 6.54. The van der Waals surface area contributed by atoms with Crippen molar-refractivity contribution in [3.63, 3.8) is 0 Å². The highest BCUT2D eigenvalue weighted by Crippen LogP contribution is 2.28. The molecule has 3 amide bonds. The Morgan fingerprint density at radius 1 is 0.921 bits per heavy atom. The van der Waals surface area contributed by atoms with E-state index in [9.17, 15) is 14.4 Å². The Kier molecular flexibility index (Phi) is 14.4. The zero-order chi connectivity index (χ0) is 28.9. The van der Waals surface area contributed by atoms with E-state index in [0.717, 1.165) is 55.2 Å². The van der Waals surface area contributed by atoms with Crippen LogP contribution in [0.25, 0.3) is 0 Å². The monoisotopic (exact) mass is 531 g/mol. The van der Waals surface area contributed by atoms with Gasteiger partial charge in [0.2, 0.25) is 11.8 Å². The molecule has 7 heteroatoms. The fraction of sp³-hybridized carbons (Fsp3) is 0.710. The highest BCUT2D eigenvalue weighted by atomic mass is 16.6. The molecule has 38 heavy (non-hydrogen) atoms. The van der Waals surface area contributed by atoms with Crippen LogP contribution in [0.3, 0.4) is 0 Å². The number of carbonyl (C=O) groups excluding carboxylic acids is 3. The topological polar surface area (TPSA) is 87.7 Å². The number of hydrogen-bond acceptors (Lipinski definition) is 4. The number of alkyl carbamates (subject to hydrolysis) is 1. The molecule has 0 aromatic heterocycles. The summed E-state index contributed by atoms with van der Waals surface area (Å²) in [6.45, 7) is 17.7. The minimum atomic E-state index is -0.849. The Bertz CT molecular complexity index is 894. The number of carbonyl (C=O) groups is 3. The van der Waals surface area contributed by atoms with E-state index in [1.807, 2.05) is 39.0 Å². The molecule has 7 nitrogen and oxygen atoms in total. The smallest absolute Gasteiger partial charge is 0.408 e. The fourth-order valence-electron chi connectivity index (χ4n) is 4.56. The van der Waals surface area contributed by atoms with Gasteiger partial charge >= 0.3 is 6.09 Å². The predicted octanol–water partition coefficient (Wildman–Crippen LogP) is 6.75. The van der Waals surface area contributed by atoms with Crippen LogP contribution in [0.5, 0.6) is 0 Å². The molecular formula is C31H53N3O4. The van der Waals surface area contributed by atoms with Crippen LogP contribution >= 0.6 is 0 Å². The van der Waals surface area contributed by atoms with E-state index in [1.165, 1.54) is 12.8 Å². The van der Waals surface area contributed by atoms with Crippen molar-refractivity contribution in [2.75, 3.05) is 6.54 Å². The van der Waals surface area contributed by atoms with Crippen LogP contribution in [0.4, 0.5) is 4.79 Å². The Balaban J connectivity index is 3.36. The Labute approximate surface area is 231 Å². The van der Waals surface area contributed by atoms with Crippen molar-refractivity contribution in [2.24, 2.45) is 0 Å². The minimum Gasteiger partial charge on any atom is -0.444 e. The lowest BCUT2D eigenvalue weighted by molar-refractivity contribution is -0.142. The summed E-state index contributed by atoms with van der Waals surface area (Å²) in [6, 6.07) is 4.36. The summed E-state index contributed by atoms with van der Waals surface area (Å²) in [5, 5.41) is 5.83. The van der Waals surface area contributed by atoms with Gasteiger partial charge in [-0.3, -0.25) is 9.59 Å². The number of aryl methyl sites for hydroxylation is 2. The normalized spacial score (nSPS) is 13.8. The molecule has 0 fully saturated rings. The summed E-state index contributed by atoms with van der Waals surface area (Å²) in [5.74, 6) is -0.489. The van der Waals surface area contributed by atoms with Crippen LogP contribution < -0.4 is 10.6 Å². The Hall–Kier alpha value is -2.57. The highest BCUT2D eigenvalue weighted by molar-refractivity contribution is 5.92. The van der Waals surface area contributed by atoms with E-state index in [1.54, 1.807) is 32.6 Å². The molecule has 0 aliphatic rings. The summed E-state index contributed by atoms with van der Waals surface area (Å²) in [7, 11) is 0. The van der Waals surface area contributed by atoms with Crippen molar-refractivity contribution in [3.05, 3.63) is 34.9 Å². The molecule has 0 aliphatic heterocycles. The van der Waals surface area contributed by atoms with Gasteiger partial charge in [-0.05, 0) is 72.4 Å². The Morgan fingerprint density at radius 3 is 2.16 bits per heavy atom. The number of rotatable bonds is 15. The summed E-state index contributed by atoms with van der Waals surface area (Å²) in [6.07, 6.45) is 7.54. The molecule has 3 unspecified atom stereocenters. The summed E-state index contributed by atoms with van der Waals surface area (Å²) < 4.78 is 5.38. The van der Waals surface area contributed by atoms with Gasteiger partial charge in [0.15, 0.2) is 0 Å². The molecule has 1 rings (SSSR count). The number of amides is 3. The average Bonchev–Trinajstić information content (AvgIpc) is 2.80. The van der Waals surface area contributed by atoms with Crippen LogP contribution in [-0.4, -0.2) is 47.0 Å². The molecule has 0 saturated heterocycles. The van der Waals surface area contributed by atoms with Crippen molar-refractivity contribution < 1.29 is 19.1 Å². The molecule has 216 valence electrons. The van der Waals surface area contributed by atoms with Crippen LogP contribution in [-0.2, 0) is 14.3 Å². The maximum absolute atomic E-state index is 13.9. The first-order valence-corrected chi connectivity index (χ1v) is 14.5. The largest absolute Gasteiger partial charge is 0.444 e. The van der Waals surface area contributed by atoms with Gasteiger partial charge in [-0.25, -0.2) is 4.79 Å². The lowest BCUT2D eigenvalue weighted by Gasteiger charge is -2.35. The number of nitrogens with one attached hydrogen (secondary N) is 2. The number of hydrogen-bond donors (Lipinski definition) is 2. The van der Waals surface area contributed by atoms with Gasteiger partial charge in [-0.15, -0.1) is 0 Å². The quantitative estimate of drug-likeness (QED) is 0.245. The van der Waals surface area contributed by atoms with Gasteiger partial charge in [0, 0.05) is 12.6 Å². The maximum Gasteiger partial charge on any atom is 0.408 e. The molecule has 0 radical (unpaired) electrons. The lowest BCUT2D eigenvalue weighted by Crippen LogP contribution is -2.53. The molecule has 1 aromatic carbocycles. The lowest BCUT2D eigenvalue weighted by atomic mass is 9.95. The third kappa shape index (κ3) is 11.9. The van der Waals surface area contributed by atoms with Crippen LogP contribution in [0.2, 0.25) is 0 Å². The van der Waals surface area contributed by atoms with Gasteiger partial charge in [0.1, 0.15) is 17.7 Å². The van der Waals surface area contributed by atoms with Gasteiger partial charge in [-0.2, -0.15) is 0 Å². The highest BCUT2D eigenvalue weighted by Gasteiger charge is 2.35. The minimum absolute atomic E-state index is 0.0107. The Morgan fingerprint density at radius 2 is 1.55 bits per heavy atom. The predicted molar refractivity (Wildman–Crippen MR) is 155 cm³/mol. The number of unbranched alkanes of at least 4 members (excludes halogenated alkanes) is 5. The molecule has 0 spiro atoms. The van der Waals surface area contributed by atoms with E-state index >= 15 is 0 Å². The molecule has 0 saturated carbocycles. The second-order valence-corrected chi connectivity index (χ2v) is 11.6. The summed E-state index contributed by atoms with van der Waals surface area (Å²) in [5.41, 5.74) is 2.11. The van der Waals surface area contributed by atoms with Gasteiger partial charge in [0.05, 0.1) is 0 Å². The first kappa shape index (κ1) is 33.5. The van der Waals surface area contributed by atoms with Gasteiger partial charge in [0.25, 0.3) is 0 Å². The van der Waals surface area contributed by atoms with Crippen molar-refractivity contribution in [1.82, 2.24) is 15.5 Å². The maximum atomic E-state index is 13.9. The van der Waals surface area contributed by atoms with Crippen LogP contribution in [0.1, 0.15) is 123 Å². The van der Waals surface area contributed by atoms with Crippen LogP contribution in [0, 0.1) is 13.8 Å². The summed E-state index contributed by atoms with van der Waals surface area (Å²) in [4.78, 5) is 41.9. The second kappa shape index (κ2) is 16.4. The van der Waals surface area contributed by atoms with Gasteiger partial charge < -0.3 is 20.3 Å². The second-order valence-electron chi connectivity index (χ2n) is 11.6. The molecule has 1 aromatic rings. The average molecular weight is 532 g/mol. The number of ether oxygens (including phenoxy) is 1. The standard InChI is InChI=1S/C31H53N3O4/c1-10-12-13-14-15-16-20-34(29(36)25(6)33-30(37)38-31(7,8)9)27(28(35)32-24(5)17-11-2)26-21-22(3)18-19-23(26)4/h18-19,21,24-25,27H,10-17,20H2,1-9H3,(H,32,35)(H,33,37). The number of nitrogens with zero attached hydrogens (tertiary/aromatic N) is 1. The zero-order valence-corrected chi connectivity index (χ0v) is 25.4. The first-order valence-electron chi connectivity index (χ1n) is 14.5. The van der Waals surface area contributed by atoms with E-state index < -0.39 is 23.8 Å². The first-order chi connectivity index (χ1) is 17.8. The van der Waals surface area contributed by atoms with Crippen molar-refractivity contribution in [2.45, 2.75) is 137 Å². The van der Waals surface area contributed by atoms with E-state index in [2.05, 4.69) is 24.5 Å². The van der Waals surface area contributed by atoms with E-state index in [-0.39, 0.29) is 17.9 Å². The third-order valence-corrected chi connectivity index (χ3v) is 6.54. The fourth-order valence-corrected chi connectivity index (χ4v) is 4.56. The van der Waals surface area contributed by atoms with Crippen molar-refractivity contribution >= 4 is 17.9 Å². The summed E-state index contributed by atoms with van der Waals surface area (Å²) >= 11 is 0. The number of benzene rings is 1. The molecule has 0 heterocycles. The molecular weight excluding hydrogens is 478 g/mol. The molecule has 0 aliphatic carbocycles.